The maximum absolute atomic E-state index is 12.9. The van der Waals surface area contributed by atoms with E-state index in [-0.39, 0.29) is 26.9 Å². The SMILES string of the molecule is COc1ccc(S(=O)(=O)N(C)c2ccc(C(=O)Nc3cc(C(F)(F)F)ccc3Cl)cc2)cc1. The summed E-state index contributed by atoms with van der Waals surface area (Å²) in [6.07, 6.45) is -4.59. The first-order valence-corrected chi connectivity index (χ1v) is 11.2. The molecule has 3 aromatic rings. The van der Waals surface area contributed by atoms with Crippen molar-refractivity contribution in [3.05, 3.63) is 82.9 Å². The minimum Gasteiger partial charge on any atom is -0.497 e. The van der Waals surface area contributed by atoms with Gasteiger partial charge in [-0.2, -0.15) is 13.2 Å². The Labute approximate surface area is 193 Å². The summed E-state index contributed by atoms with van der Waals surface area (Å²) >= 11 is 5.91. The first kappa shape index (κ1) is 24.4. The number of nitrogens with one attached hydrogen (secondary N) is 1. The van der Waals surface area contributed by atoms with E-state index in [1.807, 2.05) is 0 Å². The molecule has 0 saturated carbocycles. The summed E-state index contributed by atoms with van der Waals surface area (Å²) < 4.78 is 70.5. The van der Waals surface area contributed by atoms with Crippen LogP contribution in [0.1, 0.15) is 15.9 Å². The highest BCUT2D eigenvalue weighted by Crippen LogP contribution is 2.34. The number of nitrogens with zero attached hydrogens (tertiary/aromatic N) is 1. The third-order valence-electron chi connectivity index (χ3n) is 4.75. The monoisotopic (exact) mass is 498 g/mol. The van der Waals surface area contributed by atoms with Gasteiger partial charge in [-0.1, -0.05) is 11.6 Å². The largest absolute Gasteiger partial charge is 0.497 e. The van der Waals surface area contributed by atoms with Crippen molar-refractivity contribution in [1.82, 2.24) is 0 Å². The lowest BCUT2D eigenvalue weighted by atomic mass is 10.1. The van der Waals surface area contributed by atoms with Crippen molar-refractivity contribution in [3.63, 3.8) is 0 Å². The number of anilines is 2. The van der Waals surface area contributed by atoms with Gasteiger partial charge in [-0.25, -0.2) is 8.42 Å². The van der Waals surface area contributed by atoms with Gasteiger partial charge in [0.25, 0.3) is 15.9 Å². The molecule has 3 aromatic carbocycles. The van der Waals surface area contributed by atoms with E-state index in [2.05, 4.69) is 5.32 Å². The van der Waals surface area contributed by atoms with Crippen molar-refractivity contribution in [3.8, 4) is 5.75 Å². The number of methoxy groups -OCH3 is 1. The van der Waals surface area contributed by atoms with E-state index >= 15 is 0 Å². The summed E-state index contributed by atoms with van der Waals surface area (Å²) in [5.74, 6) is -0.198. The van der Waals surface area contributed by atoms with Crippen molar-refractivity contribution >= 4 is 38.9 Å². The van der Waals surface area contributed by atoms with E-state index in [9.17, 15) is 26.4 Å². The third-order valence-corrected chi connectivity index (χ3v) is 6.88. The van der Waals surface area contributed by atoms with Gasteiger partial charge in [-0.15, -0.1) is 0 Å². The zero-order chi connectivity index (χ0) is 24.4. The number of sulfonamides is 1. The lowest BCUT2D eigenvalue weighted by molar-refractivity contribution is -0.137. The first-order valence-electron chi connectivity index (χ1n) is 9.34. The molecule has 0 aliphatic heterocycles. The number of amides is 1. The molecular weight excluding hydrogens is 481 g/mol. The van der Waals surface area contributed by atoms with Crippen LogP contribution in [-0.2, 0) is 16.2 Å². The fourth-order valence-electron chi connectivity index (χ4n) is 2.86. The Morgan fingerprint density at radius 3 is 2.15 bits per heavy atom. The van der Waals surface area contributed by atoms with Gasteiger partial charge in [-0.3, -0.25) is 9.10 Å². The molecule has 0 heterocycles. The Bertz CT molecular complexity index is 1260. The molecule has 0 aliphatic carbocycles. The molecule has 0 bridgehead atoms. The maximum atomic E-state index is 12.9. The summed E-state index contributed by atoms with van der Waals surface area (Å²) in [4.78, 5) is 12.5. The van der Waals surface area contributed by atoms with Crippen LogP contribution in [0.2, 0.25) is 5.02 Å². The Morgan fingerprint density at radius 2 is 1.61 bits per heavy atom. The Hall–Kier alpha value is -3.24. The zero-order valence-electron chi connectivity index (χ0n) is 17.4. The van der Waals surface area contributed by atoms with Crippen molar-refractivity contribution in [2.45, 2.75) is 11.1 Å². The molecule has 174 valence electrons. The highest BCUT2D eigenvalue weighted by Gasteiger charge is 2.31. The minimum atomic E-state index is -4.59. The standard InChI is InChI=1S/C22H18ClF3N2O4S/c1-28(33(30,31)18-10-8-17(32-2)9-11-18)16-6-3-14(4-7-16)21(29)27-20-13-15(22(24,25)26)5-12-19(20)23/h3-13H,1-2H3,(H,27,29). The number of halogens is 4. The second-order valence-electron chi connectivity index (χ2n) is 6.84. The number of benzene rings is 3. The fourth-order valence-corrected chi connectivity index (χ4v) is 4.22. The number of carbonyl (C=O) groups excluding carboxylic acids is 1. The van der Waals surface area contributed by atoms with E-state index in [0.717, 1.165) is 22.5 Å². The number of hydrogen-bond donors (Lipinski definition) is 1. The van der Waals surface area contributed by atoms with Crippen molar-refractivity contribution in [1.29, 1.82) is 0 Å². The van der Waals surface area contributed by atoms with Crippen molar-refractivity contribution < 1.29 is 31.1 Å². The topological polar surface area (TPSA) is 75.7 Å². The summed E-state index contributed by atoms with van der Waals surface area (Å²) in [6.45, 7) is 0. The highest BCUT2D eigenvalue weighted by atomic mass is 35.5. The zero-order valence-corrected chi connectivity index (χ0v) is 18.9. The van der Waals surface area contributed by atoms with Crippen LogP contribution in [0.4, 0.5) is 24.5 Å². The van der Waals surface area contributed by atoms with Gasteiger partial charge in [0.15, 0.2) is 0 Å². The van der Waals surface area contributed by atoms with Crippen LogP contribution < -0.4 is 14.4 Å². The first-order chi connectivity index (χ1) is 15.4. The molecule has 0 aliphatic rings. The molecule has 1 amide bonds. The Balaban J connectivity index is 1.79. The second kappa shape index (κ2) is 9.32. The van der Waals surface area contributed by atoms with Crippen LogP contribution >= 0.6 is 11.6 Å². The molecule has 0 spiro atoms. The number of ether oxygens (including phenoxy) is 1. The molecule has 0 fully saturated rings. The molecule has 6 nitrogen and oxygen atoms in total. The fraction of sp³-hybridized carbons (Fsp3) is 0.136. The molecule has 33 heavy (non-hydrogen) atoms. The van der Waals surface area contributed by atoms with Gasteiger partial charge in [0.1, 0.15) is 5.75 Å². The van der Waals surface area contributed by atoms with Crippen LogP contribution in [0.25, 0.3) is 0 Å². The molecule has 1 N–H and O–H groups in total. The molecular formula is C22H18ClF3N2O4S. The molecule has 0 unspecified atom stereocenters. The molecule has 0 aromatic heterocycles. The van der Waals surface area contributed by atoms with Gasteiger partial charge in [0.05, 0.1) is 34.0 Å². The van der Waals surface area contributed by atoms with Crippen LogP contribution in [-0.4, -0.2) is 28.5 Å². The van der Waals surface area contributed by atoms with Crippen LogP contribution in [0.3, 0.4) is 0 Å². The normalized spacial score (nSPS) is 11.7. The molecule has 0 atom stereocenters. The predicted octanol–water partition coefficient (Wildman–Crippen LogP) is 5.44. The summed E-state index contributed by atoms with van der Waals surface area (Å²) in [5, 5.41) is 2.28. The van der Waals surface area contributed by atoms with E-state index in [1.165, 1.54) is 62.7 Å². The molecule has 11 heteroatoms. The van der Waals surface area contributed by atoms with Gasteiger partial charge in [0.2, 0.25) is 0 Å². The summed E-state index contributed by atoms with van der Waals surface area (Å²) in [5.41, 5.74) is -0.773. The van der Waals surface area contributed by atoms with E-state index < -0.39 is 27.7 Å². The molecule has 0 radical (unpaired) electrons. The van der Waals surface area contributed by atoms with E-state index in [4.69, 9.17) is 16.3 Å². The number of carbonyl (C=O) groups is 1. The molecule has 3 rings (SSSR count). The Kier molecular flexibility index (Phi) is 6.89. The molecule has 0 saturated heterocycles. The lowest BCUT2D eigenvalue weighted by Gasteiger charge is -2.20. The van der Waals surface area contributed by atoms with Crippen molar-refractivity contribution in [2.24, 2.45) is 0 Å². The minimum absolute atomic E-state index is 0.0480. The van der Waals surface area contributed by atoms with Gasteiger partial charge < -0.3 is 10.1 Å². The number of rotatable bonds is 6. The van der Waals surface area contributed by atoms with Gasteiger partial charge >= 0.3 is 6.18 Å². The van der Waals surface area contributed by atoms with Crippen molar-refractivity contribution in [2.75, 3.05) is 23.8 Å². The lowest BCUT2D eigenvalue weighted by Crippen LogP contribution is -2.26. The van der Waals surface area contributed by atoms with Crippen LogP contribution in [0.15, 0.2) is 71.6 Å². The predicted molar refractivity (Wildman–Crippen MR) is 119 cm³/mol. The van der Waals surface area contributed by atoms with E-state index in [1.54, 1.807) is 0 Å². The van der Waals surface area contributed by atoms with Gasteiger partial charge in [-0.05, 0) is 66.7 Å². The second-order valence-corrected chi connectivity index (χ2v) is 9.22. The quantitative estimate of drug-likeness (QED) is 0.490. The number of hydrogen-bond acceptors (Lipinski definition) is 4. The van der Waals surface area contributed by atoms with E-state index in [0.29, 0.717) is 5.75 Å². The van der Waals surface area contributed by atoms with Crippen LogP contribution in [0.5, 0.6) is 5.75 Å². The number of alkyl halides is 3. The Morgan fingerprint density at radius 1 is 1.00 bits per heavy atom. The average molecular weight is 499 g/mol. The summed E-state index contributed by atoms with van der Waals surface area (Å²) in [6, 6.07) is 14.0. The maximum Gasteiger partial charge on any atom is 0.416 e. The highest BCUT2D eigenvalue weighted by molar-refractivity contribution is 7.92. The van der Waals surface area contributed by atoms with Crippen LogP contribution in [0, 0.1) is 0 Å². The third kappa shape index (κ3) is 5.40. The summed E-state index contributed by atoms with van der Waals surface area (Å²) in [7, 11) is -1.05. The van der Waals surface area contributed by atoms with Gasteiger partial charge in [0, 0.05) is 12.6 Å². The smallest absolute Gasteiger partial charge is 0.416 e. The average Bonchev–Trinajstić information content (AvgIpc) is 2.79.